The minimum Gasteiger partial charge on any atom is -0.478 e. The number of rotatable bonds is 7. The summed E-state index contributed by atoms with van der Waals surface area (Å²) in [7, 11) is 0. The lowest BCUT2D eigenvalue weighted by atomic mass is 9.80. The molecule has 1 saturated carbocycles. The van der Waals surface area contributed by atoms with Crippen molar-refractivity contribution in [1.29, 1.82) is 5.26 Å². The zero-order valence-electron chi connectivity index (χ0n) is 18.8. The molecule has 1 aromatic heterocycles. The molecule has 2 aliphatic rings. The first-order valence-corrected chi connectivity index (χ1v) is 11.1. The third kappa shape index (κ3) is 4.32. The van der Waals surface area contributed by atoms with Crippen molar-refractivity contribution in [2.45, 2.75) is 58.0 Å². The summed E-state index contributed by atoms with van der Waals surface area (Å²) in [6.45, 7) is 4.12. The molecule has 0 saturated heterocycles. The van der Waals surface area contributed by atoms with Crippen molar-refractivity contribution in [3.63, 3.8) is 0 Å². The summed E-state index contributed by atoms with van der Waals surface area (Å²) in [5, 5.41) is 22.9. The molecule has 34 heavy (non-hydrogen) atoms. The van der Waals surface area contributed by atoms with E-state index < -0.39 is 23.9 Å². The molecule has 1 aromatic carbocycles. The first-order chi connectivity index (χ1) is 16.1. The van der Waals surface area contributed by atoms with Crippen LogP contribution in [-0.2, 0) is 17.5 Å². The van der Waals surface area contributed by atoms with Crippen molar-refractivity contribution in [1.82, 2.24) is 9.97 Å². The van der Waals surface area contributed by atoms with Gasteiger partial charge >= 0.3 is 12.1 Å². The van der Waals surface area contributed by atoms with E-state index in [-0.39, 0.29) is 18.4 Å². The summed E-state index contributed by atoms with van der Waals surface area (Å²) in [4.78, 5) is 24.1. The highest BCUT2D eigenvalue weighted by Crippen LogP contribution is 2.44. The lowest BCUT2D eigenvalue weighted by Gasteiger charge is -2.33. The van der Waals surface area contributed by atoms with Crippen LogP contribution in [0.4, 0.5) is 30.5 Å². The second kappa shape index (κ2) is 9.00. The summed E-state index contributed by atoms with van der Waals surface area (Å²) >= 11 is 0. The number of carbonyl (C=O) groups is 1. The highest BCUT2D eigenvalue weighted by molar-refractivity contribution is 5.94. The molecule has 180 valence electrons. The van der Waals surface area contributed by atoms with Gasteiger partial charge in [0.15, 0.2) is 11.6 Å². The monoisotopic (exact) mass is 474 g/mol. The van der Waals surface area contributed by atoms with Crippen molar-refractivity contribution in [2.24, 2.45) is 5.92 Å². The normalized spacial score (nSPS) is 18.8. The number of nitrogens with zero attached hydrogens (tertiary/aromatic N) is 5. The largest absolute Gasteiger partial charge is 0.478 e. The molecule has 2 atom stereocenters. The van der Waals surface area contributed by atoms with Crippen LogP contribution in [0.25, 0.3) is 0 Å². The lowest BCUT2D eigenvalue weighted by molar-refractivity contribution is -0.139. The number of aromatic nitrogens is 2. The molecular weight excluding hydrogens is 449 g/mol. The SMILES string of the molecule is CCN1c2nc(C#N)nc(NC(C)C3CCC3)c2N(Cc2ccc(C(F)(F)F)cc2)C1C(=O)O. The third-order valence-corrected chi connectivity index (χ3v) is 6.53. The van der Waals surface area contributed by atoms with E-state index in [1.54, 1.807) is 16.7 Å². The number of hydrogen-bond donors (Lipinski definition) is 2. The Morgan fingerprint density at radius 3 is 2.44 bits per heavy atom. The number of likely N-dealkylation sites (N-methyl/N-ethyl adjacent to an activating group) is 1. The number of nitrogens with one attached hydrogen (secondary N) is 1. The minimum absolute atomic E-state index is 0.0281. The topological polar surface area (TPSA) is 105 Å². The predicted octanol–water partition coefficient (Wildman–Crippen LogP) is 4.22. The fourth-order valence-corrected chi connectivity index (χ4v) is 4.49. The van der Waals surface area contributed by atoms with Gasteiger partial charge < -0.3 is 20.2 Å². The molecule has 0 spiro atoms. The molecular formula is C23H25F3N6O2. The van der Waals surface area contributed by atoms with Crippen LogP contribution < -0.4 is 15.1 Å². The number of halogens is 3. The van der Waals surface area contributed by atoms with Crippen molar-refractivity contribution < 1.29 is 23.1 Å². The summed E-state index contributed by atoms with van der Waals surface area (Å²) in [5.74, 6) is -0.102. The molecule has 0 bridgehead atoms. The zero-order valence-corrected chi connectivity index (χ0v) is 18.8. The van der Waals surface area contributed by atoms with Gasteiger partial charge in [-0.15, -0.1) is 0 Å². The van der Waals surface area contributed by atoms with Crippen LogP contribution in [-0.4, -0.2) is 39.8 Å². The Morgan fingerprint density at radius 2 is 1.94 bits per heavy atom. The van der Waals surface area contributed by atoms with Crippen LogP contribution in [0.15, 0.2) is 24.3 Å². The quantitative estimate of drug-likeness (QED) is 0.615. The number of hydrogen-bond acceptors (Lipinski definition) is 7. The molecule has 0 radical (unpaired) electrons. The summed E-state index contributed by atoms with van der Waals surface area (Å²) in [6.07, 6.45) is -2.32. The second-order valence-electron chi connectivity index (χ2n) is 8.62. The molecule has 2 unspecified atom stereocenters. The van der Waals surface area contributed by atoms with E-state index in [9.17, 15) is 28.3 Å². The zero-order chi connectivity index (χ0) is 24.6. The van der Waals surface area contributed by atoms with E-state index >= 15 is 0 Å². The molecule has 1 aliphatic heterocycles. The van der Waals surface area contributed by atoms with E-state index in [0.29, 0.717) is 35.3 Å². The number of carboxylic acid groups (broad SMARTS) is 1. The lowest BCUT2D eigenvalue weighted by Crippen LogP contribution is -2.48. The summed E-state index contributed by atoms with van der Waals surface area (Å²) in [5.41, 5.74) is 0.159. The molecule has 1 fully saturated rings. The first-order valence-electron chi connectivity index (χ1n) is 11.1. The van der Waals surface area contributed by atoms with Gasteiger partial charge in [0, 0.05) is 19.1 Å². The molecule has 4 rings (SSSR count). The second-order valence-corrected chi connectivity index (χ2v) is 8.62. The van der Waals surface area contributed by atoms with Gasteiger partial charge in [-0.3, -0.25) is 0 Å². The average molecular weight is 474 g/mol. The van der Waals surface area contributed by atoms with E-state index in [1.807, 2.05) is 13.0 Å². The first kappa shape index (κ1) is 23.6. The maximum Gasteiger partial charge on any atom is 0.416 e. The number of aliphatic carboxylic acids is 1. The molecule has 0 amide bonds. The number of fused-ring (bicyclic) bond motifs is 1. The maximum absolute atomic E-state index is 13.0. The van der Waals surface area contributed by atoms with Gasteiger partial charge in [0.2, 0.25) is 12.0 Å². The highest BCUT2D eigenvalue weighted by Gasteiger charge is 2.44. The van der Waals surface area contributed by atoms with Crippen molar-refractivity contribution in [2.75, 3.05) is 21.7 Å². The highest BCUT2D eigenvalue weighted by atomic mass is 19.4. The average Bonchev–Trinajstić information content (AvgIpc) is 3.05. The summed E-state index contributed by atoms with van der Waals surface area (Å²) < 4.78 is 39.0. The van der Waals surface area contributed by atoms with Gasteiger partial charge in [-0.05, 0) is 50.3 Å². The molecule has 1 aliphatic carbocycles. The van der Waals surface area contributed by atoms with Crippen LogP contribution in [0, 0.1) is 17.2 Å². The van der Waals surface area contributed by atoms with Gasteiger partial charge in [0.25, 0.3) is 0 Å². The number of alkyl halides is 3. The molecule has 2 aromatic rings. The molecule has 2 N–H and O–H groups in total. The van der Waals surface area contributed by atoms with Crippen LogP contribution >= 0.6 is 0 Å². The van der Waals surface area contributed by atoms with Gasteiger partial charge in [0.05, 0.1) is 5.56 Å². The molecule has 8 nitrogen and oxygen atoms in total. The maximum atomic E-state index is 13.0. The van der Waals surface area contributed by atoms with E-state index in [2.05, 4.69) is 15.3 Å². The molecule has 2 heterocycles. The fraction of sp³-hybridized carbons (Fsp3) is 0.478. The Labute approximate surface area is 195 Å². The van der Waals surface area contributed by atoms with Gasteiger partial charge in [-0.1, -0.05) is 18.6 Å². The Bertz CT molecular complexity index is 1110. The summed E-state index contributed by atoms with van der Waals surface area (Å²) in [6, 6.07) is 6.62. The van der Waals surface area contributed by atoms with Crippen molar-refractivity contribution in [3.05, 3.63) is 41.2 Å². The molecule has 11 heteroatoms. The van der Waals surface area contributed by atoms with Gasteiger partial charge in [-0.2, -0.15) is 28.4 Å². The van der Waals surface area contributed by atoms with E-state index in [1.165, 1.54) is 12.1 Å². The van der Waals surface area contributed by atoms with Crippen molar-refractivity contribution >= 4 is 23.3 Å². The predicted molar refractivity (Wildman–Crippen MR) is 119 cm³/mol. The number of nitriles is 1. The Hall–Kier alpha value is -3.55. The Balaban J connectivity index is 1.77. The van der Waals surface area contributed by atoms with Crippen LogP contribution in [0.3, 0.4) is 0 Å². The van der Waals surface area contributed by atoms with Gasteiger partial charge in [0.1, 0.15) is 11.8 Å². The minimum atomic E-state index is -4.46. The number of benzene rings is 1. The van der Waals surface area contributed by atoms with E-state index in [4.69, 9.17) is 0 Å². The Kier molecular flexibility index (Phi) is 6.25. The van der Waals surface area contributed by atoms with Crippen LogP contribution in [0.2, 0.25) is 0 Å². The standard InChI is InChI=1S/C23H25F3N6O2/c1-3-31-20-18(19(29-17(11-27)30-20)28-13(2)15-5-4-6-15)32(21(31)22(33)34)12-14-7-9-16(10-8-14)23(24,25)26/h7-10,13,15,21H,3-6,12H2,1-2H3,(H,33,34)(H,28,29,30). The van der Waals surface area contributed by atoms with Gasteiger partial charge in [-0.25, -0.2) is 4.79 Å². The number of carboxylic acids is 1. The Morgan fingerprint density at radius 1 is 1.26 bits per heavy atom. The van der Waals surface area contributed by atoms with Crippen molar-refractivity contribution in [3.8, 4) is 6.07 Å². The van der Waals surface area contributed by atoms with Crippen LogP contribution in [0.1, 0.15) is 50.1 Å². The smallest absolute Gasteiger partial charge is 0.416 e. The number of anilines is 3. The van der Waals surface area contributed by atoms with Crippen LogP contribution in [0.5, 0.6) is 0 Å². The van der Waals surface area contributed by atoms with E-state index in [0.717, 1.165) is 31.4 Å². The third-order valence-electron chi connectivity index (χ3n) is 6.53. The fourth-order valence-electron chi connectivity index (χ4n) is 4.49.